The Bertz CT molecular complexity index is 2250. The highest BCUT2D eigenvalue weighted by atomic mass is 35.5. The molecule has 5 heterocycles. The number of fused-ring (bicyclic) bond motifs is 1. The van der Waals surface area contributed by atoms with Crippen LogP contribution in [-0.4, -0.2) is 58.5 Å². The minimum atomic E-state index is -0.172. The number of hydrogen-bond donors (Lipinski definition) is 4. The highest BCUT2D eigenvalue weighted by molar-refractivity contribution is 6.39. The summed E-state index contributed by atoms with van der Waals surface area (Å²) in [4.78, 5) is 45.8. The fourth-order valence-corrected chi connectivity index (χ4v) is 7.62. The molecule has 2 aliphatic heterocycles. The number of halogens is 3. The second-order valence-corrected chi connectivity index (χ2v) is 14.1. The summed E-state index contributed by atoms with van der Waals surface area (Å²) < 4.78 is 6.97. The zero-order chi connectivity index (χ0) is 36.4. The third-order valence-corrected chi connectivity index (χ3v) is 10.6. The number of aromatic nitrogens is 3. The SMILES string of the molecule is COc1cc(Cl)c(CNC[C@@H]2CCC(=O)N2)c(-c2cccc(-c3cccc(-c4ccn5c(=O)c(CNC[C@H]6CCC(=O)N6)cnc5c4)c3Cl)c2Cl)n1. The monoisotopic (exact) mass is 759 g/mol. The third kappa shape index (κ3) is 7.51. The highest BCUT2D eigenvalue weighted by Gasteiger charge is 2.23. The van der Waals surface area contributed by atoms with E-state index in [2.05, 4.69) is 26.3 Å². The predicted molar refractivity (Wildman–Crippen MR) is 203 cm³/mol. The molecule has 2 atom stereocenters. The Hall–Kier alpha value is -4.52. The van der Waals surface area contributed by atoms with Gasteiger partial charge in [0.25, 0.3) is 5.56 Å². The molecular formula is C38H36Cl3N7O4. The zero-order valence-electron chi connectivity index (χ0n) is 28.3. The van der Waals surface area contributed by atoms with Crippen molar-refractivity contribution in [1.29, 1.82) is 0 Å². The minimum Gasteiger partial charge on any atom is -0.481 e. The van der Waals surface area contributed by atoms with E-state index in [9.17, 15) is 14.4 Å². The second-order valence-electron chi connectivity index (χ2n) is 12.9. The van der Waals surface area contributed by atoms with Crippen molar-refractivity contribution in [3.63, 3.8) is 0 Å². The van der Waals surface area contributed by atoms with E-state index in [0.717, 1.165) is 29.5 Å². The first-order valence-corrected chi connectivity index (χ1v) is 18.2. The van der Waals surface area contributed by atoms with Gasteiger partial charge in [-0.3, -0.25) is 18.8 Å². The van der Waals surface area contributed by atoms with E-state index in [1.165, 1.54) is 11.5 Å². The van der Waals surface area contributed by atoms with Crippen molar-refractivity contribution >= 4 is 52.3 Å². The van der Waals surface area contributed by atoms with E-state index < -0.39 is 0 Å². The largest absolute Gasteiger partial charge is 0.481 e. The van der Waals surface area contributed by atoms with Crippen LogP contribution in [0, 0.1) is 0 Å². The first kappa shape index (κ1) is 35.9. The standard InChI is InChI=1S/C38H36Cl3N7O4/c1-52-34-15-30(39)29(20-43-19-24-9-11-33(50)46-24)37(47-34)28-7-3-6-27(36(28)41)26-5-2-4-25(35(26)40)21-12-13-48-31(14-21)44-17-22(38(48)51)16-42-18-23-8-10-32(49)45-23/h2-7,12-15,17,23-24,42-43H,8-11,16,18-20H2,1H3,(H,45,49)(H,46,50)/t23-,24+/m1/s1. The van der Waals surface area contributed by atoms with Crippen LogP contribution in [0.15, 0.2) is 71.8 Å². The molecule has 7 rings (SSSR count). The normalized spacial score (nSPS) is 17.1. The Morgan fingerprint density at radius 3 is 2.08 bits per heavy atom. The minimum absolute atomic E-state index is 0.0554. The summed E-state index contributed by atoms with van der Waals surface area (Å²) in [6.45, 7) is 1.90. The molecular weight excluding hydrogens is 725 g/mol. The summed E-state index contributed by atoms with van der Waals surface area (Å²) in [5.41, 5.74) is 5.73. The maximum Gasteiger partial charge on any atom is 0.262 e. The topological polar surface area (TPSA) is 139 Å². The summed E-state index contributed by atoms with van der Waals surface area (Å²) in [7, 11) is 1.53. The van der Waals surface area contributed by atoms with Gasteiger partial charge in [0.2, 0.25) is 17.7 Å². The van der Waals surface area contributed by atoms with E-state index in [4.69, 9.17) is 44.5 Å². The van der Waals surface area contributed by atoms with E-state index in [1.807, 2.05) is 48.5 Å². The Kier molecular flexibility index (Phi) is 10.8. The molecule has 0 spiro atoms. The maximum atomic E-state index is 13.3. The van der Waals surface area contributed by atoms with E-state index >= 15 is 0 Å². The van der Waals surface area contributed by atoms with Crippen molar-refractivity contribution < 1.29 is 14.3 Å². The van der Waals surface area contributed by atoms with E-state index in [1.54, 1.807) is 18.5 Å². The molecule has 0 bridgehead atoms. The number of benzene rings is 2. The number of hydrogen-bond acceptors (Lipinski definition) is 8. The lowest BCUT2D eigenvalue weighted by Crippen LogP contribution is -2.36. The van der Waals surface area contributed by atoms with Crippen LogP contribution < -0.4 is 31.6 Å². The van der Waals surface area contributed by atoms with Gasteiger partial charge in [0.05, 0.1) is 27.9 Å². The highest BCUT2D eigenvalue weighted by Crippen LogP contribution is 2.43. The number of nitrogens with one attached hydrogen (secondary N) is 4. The van der Waals surface area contributed by atoms with Gasteiger partial charge in [-0.25, -0.2) is 9.97 Å². The van der Waals surface area contributed by atoms with Crippen molar-refractivity contribution in [2.75, 3.05) is 20.2 Å². The fraction of sp³-hybridized carbons (Fsp3) is 0.289. The molecule has 2 aromatic carbocycles. The number of nitrogens with zero attached hydrogens (tertiary/aromatic N) is 3. The molecule has 2 amide bonds. The number of carbonyl (C=O) groups excluding carboxylic acids is 2. The molecule has 14 heteroatoms. The number of carbonyl (C=O) groups is 2. The van der Waals surface area contributed by atoms with Gasteiger partial charge in [0, 0.05) is 103 Å². The number of ether oxygens (including phenoxy) is 1. The van der Waals surface area contributed by atoms with Gasteiger partial charge >= 0.3 is 0 Å². The van der Waals surface area contributed by atoms with Gasteiger partial charge < -0.3 is 26.0 Å². The Labute approximate surface area is 315 Å². The molecule has 2 aliphatic rings. The zero-order valence-corrected chi connectivity index (χ0v) is 30.5. The molecule has 0 aliphatic carbocycles. The smallest absolute Gasteiger partial charge is 0.262 e. The van der Waals surface area contributed by atoms with Crippen LogP contribution in [0.25, 0.3) is 39.2 Å². The summed E-state index contributed by atoms with van der Waals surface area (Å²) in [5, 5.41) is 13.9. The fourth-order valence-electron chi connectivity index (χ4n) is 6.72. The average Bonchev–Trinajstić information content (AvgIpc) is 3.76. The van der Waals surface area contributed by atoms with Gasteiger partial charge in [0.15, 0.2) is 0 Å². The lowest BCUT2D eigenvalue weighted by atomic mass is 9.96. The van der Waals surface area contributed by atoms with E-state index in [0.29, 0.717) is 93.6 Å². The first-order valence-electron chi connectivity index (χ1n) is 17.0. The molecule has 0 radical (unpaired) electrons. The number of pyridine rings is 2. The van der Waals surface area contributed by atoms with Gasteiger partial charge in [0.1, 0.15) is 5.65 Å². The Balaban J connectivity index is 1.16. The predicted octanol–water partition coefficient (Wildman–Crippen LogP) is 5.80. The second kappa shape index (κ2) is 15.6. The van der Waals surface area contributed by atoms with Gasteiger partial charge in [-0.2, -0.15) is 0 Å². The Morgan fingerprint density at radius 2 is 1.44 bits per heavy atom. The average molecular weight is 761 g/mol. The van der Waals surface area contributed by atoms with Crippen LogP contribution in [0.3, 0.4) is 0 Å². The van der Waals surface area contributed by atoms with Gasteiger partial charge in [-0.05, 0) is 30.5 Å². The number of amides is 2. The summed E-state index contributed by atoms with van der Waals surface area (Å²) in [5.74, 6) is 0.460. The lowest BCUT2D eigenvalue weighted by molar-refractivity contribution is -0.120. The number of methoxy groups -OCH3 is 1. The lowest BCUT2D eigenvalue weighted by Gasteiger charge is -2.18. The van der Waals surface area contributed by atoms with Gasteiger partial charge in [-0.15, -0.1) is 0 Å². The molecule has 3 aromatic heterocycles. The molecule has 268 valence electrons. The van der Waals surface area contributed by atoms with Crippen LogP contribution in [0.2, 0.25) is 15.1 Å². The molecule has 0 saturated carbocycles. The molecule has 52 heavy (non-hydrogen) atoms. The molecule has 11 nitrogen and oxygen atoms in total. The van der Waals surface area contributed by atoms with Gasteiger partial charge in [-0.1, -0.05) is 71.2 Å². The molecule has 2 fully saturated rings. The van der Waals surface area contributed by atoms with Crippen LogP contribution in [-0.2, 0) is 22.7 Å². The summed E-state index contributed by atoms with van der Waals surface area (Å²) >= 11 is 21.1. The molecule has 2 saturated heterocycles. The molecule has 5 aromatic rings. The van der Waals surface area contributed by atoms with Crippen molar-refractivity contribution in [3.05, 3.63) is 104 Å². The van der Waals surface area contributed by atoms with Crippen LogP contribution in [0.4, 0.5) is 0 Å². The van der Waals surface area contributed by atoms with Crippen LogP contribution >= 0.6 is 34.8 Å². The maximum absolute atomic E-state index is 13.3. The quantitative estimate of drug-likeness (QED) is 0.125. The third-order valence-electron chi connectivity index (χ3n) is 9.46. The first-order chi connectivity index (χ1) is 25.2. The molecule has 4 N–H and O–H groups in total. The summed E-state index contributed by atoms with van der Waals surface area (Å²) in [6, 6.07) is 16.8. The Morgan fingerprint density at radius 1 is 0.827 bits per heavy atom. The summed E-state index contributed by atoms with van der Waals surface area (Å²) in [6.07, 6.45) is 5.89. The molecule has 0 unspecified atom stereocenters. The van der Waals surface area contributed by atoms with Crippen LogP contribution in [0.5, 0.6) is 5.88 Å². The van der Waals surface area contributed by atoms with Crippen molar-refractivity contribution in [3.8, 4) is 39.4 Å². The van der Waals surface area contributed by atoms with Crippen molar-refractivity contribution in [2.24, 2.45) is 0 Å². The van der Waals surface area contributed by atoms with Crippen LogP contribution in [0.1, 0.15) is 36.8 Å². The van der Waals surface area contributed by atoms with Crippen molar-refractivity contribution in [2.45, 2.75) is 50.9 Å². The van der Waals surface area contributed by atoms with Crippen molar-refractivity contribution in [1.82, 2.24) is 35.6 Å². The van der Waals surface area contributed by atoms with E-state index in [-0.39, 0.29) is 29.5 Å². The number of rotatable bonds is 12.